The summed E-state index contributed by atoms with van der Waals surface area (Å²) in [6, 6.07) is 40.4. The third kappa shape index (κ3) is 7.52. The molecule has 2 aliphatic rings. The molecular formula is C50H50IrN2O-2. The largest absolute Gasteiger partial charge is 0.456 e. The van der Waals surface area contributed by atoms with Gasteiger partial charge in [0.25, 0.3) is 0 Å². The molecule has 0 spiro atoms. The molecule has 5 aromatic carbocycles. The third-order valence-corrected chi connectivity index (χ3v) is 10.6. The molecule has 0 saturated carbocycles. The predicted octanol–water partition coefficient (Wildman–Crippen LogP) is 13.6. The first-order chi connectivity index (χ1) is 25.7. The third-order valence-electron chi connectivity index (χ3n) is 10.6. The second-order valence-electron chi connectivity index (χ2n) is 15.5. The number of hydrogen-bond donors (Lipinski definition) is 0. The summed E-state index contributed by atoms with van der Waals surface area (Å²) in [7, 11) is 0. The maximum Gasteiger partial charge on any atom is 0.139 e. The molecule has 277 valence electrons. The smallest absolute Gasteiger partial charge is 0.139 e. The normalized spacial score (nSPS) is 16.4. The van der Waals surface area contributed by atoms with Gasteiger partial charge in [0.15, 0.2) is 0 Å². The fourth-order valence-corrected chi connectivity index (χ4v) is 7.99. The molecule has 3 heterocycles. The van der Waals surface area contributed by atoms with E-state index in [4.69, 9.17) is 9.41 Å². The summed E-state index contributed by atoms with van der Waals surface area (Å²) in [6.07, 6.45) is 8.33. The Morgan fingerprint density at radius 1 is 0.537 bits per heavy atom. The minimum atomic E-state index is 0. The molecule has 0 saturated heterocycles. The zero-order chi connectivity index (χ0) is 37.2. The molecule has 4 heteroatoms. The summed E-state index contributed by atoms with van der Waals surface area (Å²) >= 11 is 0. The molecule has 0 amide bonds. The van der Waals surface area contributed by atoms with E-state index in [1.807, 2.05) is 42.7 Å². The molecule has 1 aromatic heterocycles. The molecular weight excluding hydrogens is 837 g/mol. The zero-order valence-electron chi connectivity index (χ0n) is 32.6. The molecule has 8 rings (SSSR count). The molecule has 3 nitrogen and oxygen atoms in total. The van der Waals surface area contributed by atoms with Crippen LogP contribution in [0.1, 0.15) is 135 Å². The van der Waals surface area contributed by atoms with Crippen LogP contribution in [0.2, 0.25) is 0 Å². The van der Waals surface area contributed by atoms with Gasteiger partial charge in [0.1, 0.15) is 11.2 Å². The van der Waals surface area contributed by atoms with Crippen molar-refractivity contribution in [3.8, 4) is 0 Å². The topological polar surface area (TPSA) is 37.9 Å². The molecule has 6 aromatic rings. The minimum absolute atomic E-state index is 0. The first-order valence-corrected chi connectivity index (χ1v) is 19.2. The van der Waals surface area contributed by atoms with Crippen molar-refractivity contribution in [2.75, 3.05) is 0 Å². The van der Waals surface area contributed by atoms with Crippen molar-refractivity contribution in [1.29, 1.82) is 0 Å². The van der Waals surface area contributed by atoms with Gasteiger partial charge in [-0.3, -0.25) is 0 Å². The molecule has 2 aliphatic heterocycles. The van der Waals surface area contributed by atoms with Crippen LogP contribution in [-0.2, 0) is 20.1 Å². The van der Waals surface area contributed by atoms with Crippen LogP contribution in [0.3, 0.4) is 0 Å². The summed E-state index contributed by atoms with van der Waals surface area (Å²) in [5.74, 6) is 2.09. The Morgan fingerprint density at radius 2 is 1.04 bits per heavy atom. The Balaban J connectivity index is 0.000000187. The Kier molecular flexibility index (Phi) is 12.2. The Labute approximate surface area is 335 Å². The number of aliphatic imine (C=N–C) groups is 2. The monoisotopic (exact) mass is 887 g/mol. The molecule has 2 atom stereocenters. The van der Waals surface area contributed by atoms with Gasteiger partial charge in [0, 0.05) is 55.1 Å². The summed E-state index contributed by atoms with van der Waals surface area (Å²) in [5.41, 5.74) is 14.5. The molecule has 1 radical (unpaired) electrons. The van der Waals surface area contributed by atoms with Gasteiger partial charge in [-0.2, -0.15) is 0 Å². The number of nitrogens with zero attached hydrogens (tertiary/aromatic N) is 2. The standard InChI is InChI=1S/C28H26NO.C22H24N.Ir/c1-17(2)22-16-23(18(3)4)28-26(20-12-8-9-13-24(20)30-28)25(22)21-14-15-29-27(21)19-10-6-5-7-11-19;1-15(2)18-11-8-12-19(16(3)4)21(18)20-13-14-23-22(20)17-9-6-5-7-10-17;/h5-10,12-18,21H,1-4H3;5-9,11-16,20H,1-4H3;/q2*-1;. The number of allylic oxidation sites excluding steroid dienone is 2. The van der Waals surface area contributed by atoms with Gasteiger partial charge in [-0.25, -0.2) is 0 Å². The van der Waals surface area contributed by atoms with Crippen molar-refractivity contribution in [2.45, 2.75) is 90.9 Å². The zero-order valence-corrected chi connectivity index (χ0v) is 35.0. The second-order valence-corrected chi connectivity index (χ2v) is 15.5. The summed E-state index contributed by atoms with van der Waals surface area (Å²) in [5, 5.41) is 2.42. The number of fused-ring (bicyclic) bond motifs is 3. The number of benzene rings is 5. The van der Waals surface area contributed by atoms with E-state index < -0.39 is 0 Å². The van der Waals surface area contributed by atoms with Crippen LogP contribution in [0.25, 0.3) is 21.9 Å². The number of hydrogen-bond acceptors (Lipinski definition) is 3. The fourth-order valence-electron chi connectivity index (χ4n) is 7.99. The van der Waals surface area contributed by atoms with E-state index in [-0.39, 0.29) is 31.9 Å². The van der Waals surface area contributed by atoms with Gasteiger partial charge in [0.05, 0.1) is 0 Å². The average molecular weight is 887 g/mol. The van der Waals surface area contributed by atoms with Crippen molar-refractivity contribution in [3.05, 3.63) is 178 Å². The van der Waals surface area contributed by atoms with Crippen molar-refractivity contribution in [1.82, 2.24) is 0 Å². The molecule has 0 bridgehead atoms. The Bertz CT molecular complexity index is 2330. The van der Waals surface area contributed by atoms with Crippen molar-refractivity contribution < 1.29 is 24.5 Å². The maximum atomic E-state index is 6.45. The van der Waals surface area contributed by atoms with Crippen LogP contribution in [0.5, 0.6) is 0 Å². The van der Waals surface area contributed by atoms with Gasteiger partial charge < -0.3 is 14.4 Å². The van der Waals surface area contributed by atoms with Crippen LogP contribution in [0, 0.1) is 12.1 Å². The van der Waals surface area contributed by atoms with Gasteiger partial charge >= 0.3 is 0 Å². The van der Waals surface area contributed by atoms with Gasteiger partial charge in [-0.05, 0) is 74.5 Å². The van der Waals surface area contributed by atoms with Crippen LogP contribution >= 0.6 is 0 Å². The van der Waals surface area contributed by atoms with Gasteiger partial charge in [-0.1, -0.05) is 110 Å². The Morgan fingerprint density at radius 3 is 1.54 bits per heavy atom. The first-order valence-electron chi connectivity index (χ1n) is 19.2. The molecule has 0 fully saturated rings. The fraction of sp³-hybridized carbons (Fsp3) is 0.280. The SMILES string of the molecule is CC(C)c1cc(C(C)C)c2oc3ccccc3c2c1C1C=CN=C1c1[c-]cccc1.CC(C)c1cccc(C(C)C)c1C1C=CN=C1c1[c-]cccc1.[Ir]. The van der Waals surface area contributed by atoms with E-state index in [0.29, 0.717) is 23.7 Å². The Hall–Kier alpha value is -4.63. The second kappa shape index (κ2) is 16.8. The van der Waals surface area contributed by atoms with E-state index in [9.17, 15) is 0 Å². The van der Waals surface area contributed by atoms with Crippen LogP contribution in [0.4, 0.5) is 0 Å². The molecule has 0 N–H and O–H groups in total. The summed E-state index contributed by atoms with van der Waals surface area (Å²) < 4.78 is 6.45. The van der Waals surface area contributed by atoms with Crippen molar-refractivity contribution in [2.24, 2.45) is 9.98 Å². The van der Waals surface area contributed by atoms with Gasteiger partial charge in [-0.15, -0.1) is 71.8 Å². The summed E-state index contributed by atoms with van der Waals surface area (Å²) in [6.45, 7) is 18.1. The van der Waals surface area contributed by atoms with E-state index in [0.717, 1.165) is 33.7 Å². The van der Waals surface area contributed by atoms with E-state index in [2.05, 4.69) is 151 Å². The first kappa shape index (κ1) is 39.1. The minimum Gasteiger partial charge on any atom is -0.456 e. The summed E-state index contributed by atoms with van der Waals surface area (Å²) in [4.78, 5) is 9.44. The quantitative estimate of drug-likeness (QED) is 0.140. The number of rotatable bonds is 8. The van der Waals surface area contributed by atoms with Crippen molar-refractivity contribution >= 4 is 33.4 Å². The van der Waals surface area contributed by atoms with E-state index >= 15 is 0 Å². The molecule has 2 unspecified atom stereocenters. The van der Waals surface area contributed by atoms with Gasteiger partial charge in [0.2, 0.25) is 0 Å². The molecule has 54 heavy (non-hydrogen) atoms. The van der Waals surface area contributed by atoms with E-state index in [1.165, 1.54) is 44.2 Å². The van der Waals surface area contributed by atoms with Crippen LogP contribution in [0.15, 0.2) is 136 Å². The van der Waals surface area contributed by atoms with Crippen LogP contribution in [-0.4, -0.2) is 11.4 Å². The number of para-hydroxylation sites is 1. The average Bonchev–Trinajstić information content (AvgIpc) is 3.94. The van der Waals surface area contributed by atoms with Crippen LogP contribution < -0.4 is 0 Å². The number of furan rings is 1. The van der Waals surface area contributed by atoms with Crippen molar-refractivity contribution in [3.63, 3.8) is 0 Å². The van der Waals surface area contributed by atoms with E-state index in [1.54, 1.807) is 0 Å². The predicted molar refractivity (Wildman–Crippen MR) is 224 cm³/mol. The molecule has 0 aliphatic carbocycles. The maximum absolute atomic E-state index is 6.45.